The number of nitrogens with one attached hydrogen (secondary N) is 4. The topological polar surface area (TPSA) is 164 Å². The summed E-state index contributed by atoms with van der Waals surface area (Å²) >= 11 is 1.49. The predicted molar refractivity (Wildman–Crippen MR) is 153 cm³/mol. The van der Waals surface area contributed by atoms with Crippen LogP contribution in [0.4, 0.5) is 21.6 Å². The van der Waals surface area contributed by atoms with Crippen molar-refractivity contribution in [2.24, 2.45) is 5.73 Å². The monoisotopic (exact) mass is 578 g/mol. The van der Waals surface area contributed by atoms with Crippen LogP contribution >= 0.6 is 11.3 Å². The first-order valence-electron chi connectivity index (χ1n) is 13.7. The largest absolute Gasteiger partial charge is 0.379 e. The Kier molecular flexibility index (Phi) is 7.74. The minimum atomic E-state index is -0.630. The fourth-order valence-corrected chi connectivity index (χ4v) is 5.54. The van der Waals surface area contributed by atoms with Gasteiger partial charge in [-0.15, -0.1) is 16.4 Å². The zero-order chi connectivity index (χ0) is 28.3. The van der Waals surface area contributed by atoms with Gasteiger partial charge >= 0.3 is 0 Å². The minimum absolute atomic E-state index is 0.0264. The molecule has 14 heteroatoms. The Morgan fingerprint density at radius 1 is 1.05 bits per heavy atom. The Balaban J connectivity index is 1.12. The van der Waals surface area contributed by atoms with Crippen LogP contribution in [0.5, 0.6) is 0 Å². The Hall–Kier alpha value is -4.17. The van der Waals surface area contributed by atoms with Crippen LogP contribution in [0.15, 0.2) is 41.6 Å². The van der Waals surface area contributed by atoms with E-state index >= 15 is 0 Å². The Morgan fingerprint density at radius 2 is 1.80 bits per heavy atom. The molecule has 2 fully saturated rings. The second kappa shape index (κ2) is 11.7. The van der Waals surface area contributed by atoms with Gasteiger partial charge in [0.25, 0.3) is 5.91 Å². The zero-order valence-electron chi connectivity index (χ0n) is 22.2. The maximum atomic E-state index is 14.1. The van der Waals surface area contributed by atoms with Gasteiger partial charge in [0.05, 0.1) is 41.0 Å². The van der Waals surface area contributed by atoms with Gasteiger partial charge < -0.3 is 27.0 Å². The second-order valence-electron chi connectivity index (χ2n) is 10.5. The quantitative estimate of drug-likeness (QED) is 0.190. The van der Waals surface area contributed by atoms with Gasteiger partial charge in [0, 0.05) is 42.2 Å². The Bertz CT molecular complexity index is 1530. The van der Waals surface area contributed by atoms with Crippen molar-refractivity contribution >= 4 is 46.0 Å². The average molecular weight is 579 g/mol. The zero-order valence-corrected chi connectivity index (χ0v) is 23.0. The van der Waals surface area contributed by atoms with Gasteiger partial charge in [0.15, 0.2) is 17.2 Å². The normalized spacial score (nSPS) is 19.5. The molecule has 0 spiro atoms. The Morgan fingerprint density at radius 3 is 2.54 bits per heavy atom. The van der Waals surface area contributed by atoms with Gasteiger partial charge in [-0.1, -0.05) is 0 Å². The number of halogens is 1. The molecule has 0 aliphatic heterocycles. The van der Waals surface area contributed by atoms with Crippen LogP contribution in [-0.4, -0.2) is 60.5 Å². The van der Waals surface area contributed by atoms with E-state index < -0.39 is 17.8 Å². The van der Waals surface area contributed by atoms with Crippen molar-refractivity contribution in [3.63, 3.8) is 0 Å². The molecule has 2 aliphatic rings. The first kappa shape index (κ1) is 27.0. The summed E-state index contributed by atoms with van der Waals surface area (Å²) in [6.45, 7) is 0. The number of nitrogens with zero attached hydrogens (tertiary/aromatic N) is 5. The summed E-state index contributed by atoms with van der Waals surface area (Å²) in [5.74, 6) is -0.723. The molecule has 0 saturated heterocycles. The number of nitrogens with two attached hydrogens (primary N) is 1. The van der Waals surface area contributed by atoms with E-state index in [-0.39, 0.29) is 29.4 Å². The van der Waals surface area contributed by atoms with Gasteiger partial charge in [0.2, 0.25) is 5.91 Å². The molecular weight excluding hydrogens is 547 g/mol. The first-order chi connectivity index (χ1) is 19.9. The highest BCUT2D eigenvalue weighted by molar-refractivity contribution is 7.07. The molecule has 2 amide bonds. The van der Waals surface area contributed by atoms with Gasteiger partial charge in [-0.25, -0.2) is 18.9 Å². The van der Waals surface area contributed by atoms with E-state index in [0.717, 1.165) is 56.1 Å². The molecule has 0 bridgehead atoms. The van der Waals surface area contributed by atoms with Crippen LogP contribution in [0, 0.1) is 5.82 Å². The van der Waals surface area contributed by atoms with Gasteiger partial charge in [0.1, 0.15) is 5.82 Å². The lowest BCUT2D eigenvalue weighted by Gasteiger charge is -2.30. The average Bonchev–Trinajstić information content (AvgIpc) is 3.43. The number of thiazole rings is 1. The number of carbonyl (C=O) groups excluding carboxylic acids is 2. The van der Waals surface area contributed by atoms with Crippen molar-refractivity contribution in [1.82, 2.24) is 29.9 Å². The first-order valence-corrected chi connectivity index (χ1v) is 14.6. The molecule has 0 unspecified atom stereocenters. The maximum absolute atomic E-state index is 14.1. The minimum Gasteiger partial charge on any atom is -0.379 e. The van der Waals surface area contributed by atoms with Crippen LogP contribution in [0.2, 0.25) is 0 Å². The third-order valence-corrected chi connectivity index (χ3v) is 7.97. The molecule has 4 heterocycles. The van der Waals surface area contributed by atoms with Crippen molar-refractivity contribution in [2.75, 3.05) is 16.0 Å². The van der Waals surface area contributed by atoms with Gasteiger partial charge in [-0.05, 0) is 44.6 Å². The maximum Gasteiger partial charge on any atom is 0.276 e. The van der Waals surface area contributed by atoms with E-state index in [9.17, 15) is 14.0 Å². The van der Waals surface area contributed by atoms with Crippen LogP contribution in [0.1, 0.15) is 54.7 Å². The van der Waals surface area contributed by atoms with Crippen molar-refractivity contribution in [2.45, 2.75) is 69.1 Å². The smallest absolute Gasteiger partial charge is 0.276 e. The summed E-state index contributed by atoms with van der Waals surface area (Å²) in [4.78, 5) is 38.0. The molecule has 0 aromatic carbocycles. The molecule has 2 aliphatic carbocycles. The molecule has 6 N–H and O–H groups in total. The summed E-state index contributed by atoms with van der Waals surface area (Å²) < 4.78 is 15.6. The highest BCUT2D eigenvalue weighted by Crippen LogP contribution is 2.30. The number of aromatic nitrogens is 5. The number of carbonyl (C=O) groups is 2. The lowest BCUT2D eigenvalue weighted by atomic mass is 9.91. The van der Waals surface area contributed by atoms with Crippen LogP contribution in [0.25, 0.3) is 5.65 Å². The van der Waals surface area contributed by atoms with Crippen LogP contribution in [-0.2, 0) is 11.2 Å². The van der Waals surface area contributed by atoms with Gasteiger partial charge in [-0.2, -0.15) is 0 Å². The molecule has 0 radical (unpaired) electrons. The van der Waals surface area contributed by atoms with Gasteiger partial charge in [-0.3, -0.25) is 14.6 Å². The fourth-order valence-electron chi connectivity index (χ4n) is 4.97. The number of fused-ring (bicyclic) bond motifs is 1. The van der Waals surface area contributed by atoms with E-state index in [2.05, 4.69) is 41.3 Å². The molecule has 6 rings (SSSR count). The number of pyridine rings is 1. The molecule has 4 aromatic heterocycles. The molecule has 4 aromatic rings. The number of hydrogen-bond donors (Lipinski definition) is 5. The van der Waals surface area contributed by atoms with Crippen LogP contribution < -0.4 is 27.0 Å². The van der Waals surface area contributed by atoms with Crippen molar-refractivity contribution < 1.29 is 14.0 Å². The summed E-state index contributed by atoms with van der Waals surface area (Å²) in [5.41, 5.74) is 10.2. The summed E-state index contributed by atoms with van der Waals surface area (Å²) in [5, 5.41) is 19.2. The van der Waals surface area contributed by atoms with E-state index in [1.807, 2.05) is 11.4 Å². The highest BCUT2D eigenvalue weighted by Gasteiger charge is 2.27. The number of anilines is 3. The van der Waals surface area contributed by atoms with E-state index in [1.54, 1.807) is 5.51 Å². The fraction of sp³-hybridized carbons (Fsp3) is 0.407. The summed E-state index contributed by atoms with van der Waals surface area (Å²) in [6, 6.07) is 3.23. The van der Waals surface area contributed by atoms with E-state index in [4.69, 9.17) is 5.73 Å². The lowest BCUT2D eigenvalue weighted by Crippen LogP contribution is -2.48. The Labute approximate surface area is 239 Å². The van der Waals surface area contributed by atoms with E-state index in [0.29, 0.717) is 23.9 Å². The predicted octanol–water partition coefficient (Wildman–Crippen LogP) is 2.96. The second-order valence-corrected chi connectivity index (χ2v) is 11.3. The number of imidazole rings is 1. The summed E-state index contributed by atoms with van der Waals surface area (Å²) in [7, 11) is 0. The highest BCUT2D eigenvalue weighted by atomic mass is 32.1. The molecule has 1 atom stereocenters. The molecule has 12 nitrogen and oxygen atoms in total. The SMILES string of the molecule is N[C@H](Cc1cscn1)C(=O)N[C@H]1CC[C@H](Nc2cc(NC3CC3)c3ncc(C(=O)Nc4ccncc4F)n3n2)CC1. The van der Waals surface area contributed by atoms with Crippen molar-refractivity contribution in [3.05, 3.63) is 58.8 Å². The number of rotatable bonds is 10. The third-order valence-electron chi connectivity index (χ3n) is 7.33. The molecule has 41 heavy (non-hydrogen) atoms. The number of amides is 2. The lowest BCUT2D eigenvalue weighted by molar-refractivity contribution is -0.123. The summed E-state index contributed by atoms with van der Waals surface area (Å²) in [6.07, 6.45) is 9.70. The third kappa shape index (κ3) is 6.43. The van der Waals surface area contributed by atoms with Crippen LogP contribution in [0.3, 0.4) is 0 Å². The molecular formula is C27H31FN10O2S. The van der Waals surface area contributed by atoms with Crippen molar-refractivity contribution in [1.29, 1.82) is 0 Å². The van der Waals surface area contributed by atoms with Crippen molar-refractivity contribution in [3.8, 4) is 0 Å². The molecule has 214 valence electrons. The standard InChI is InChI=1S/C27H31FN10O2S/c28-19-11-30-8-7-21(19)36-27(40)23-12-31-25-22(33-15-1-2-15)10-24(37-38(23)25)34-16-3-5-17(6-4-16)35-26(39)20(29)9-18-13-41-14-32-18/h7-8,10-17,20,33H,1-6,9,29H2,(H,34,37)(H,35,39)(H,30,36,40)/t16-,17-,20-/m1/s1. The molecule has 2 saturated carbocycles. The van der Waals surface area contributed by atoms with E-state index in [1.165, 1.54) is 34.3 Å². The number of hydrogen-bond acceptors (Lipinski definition) is 10.